The molecule has 2 N–H and O–H groups in total. The van der Waals surface area contributed by atoms with E-state index in [1.807, 2.05) is 12.3 Å². The number of anilines is 1. The Balaban J connectivity index is 1.37. The van der Waals surface area contributed by atoms with Gasteiger partial charge in [-0.2, -0.15) is 10.1 Å². The second kappa shape index (κ2) is 9.45. The molecule has 0 aliphatic carbocycles. The maximum Gasteiger partial charge on any atom is 0.317 e. The summed E-state index contributed by atoms with van der Waals surface area (Å²) >= 11 is 0. The van der Waals surface area contributed by atoms with Crippen molar-refractivity contribution in [1.82, 2.24) is 30.1 Å². The third kappa shape index (κ3) is 4.53. The number of carbonyl (C=O) groups is 1. The molecule has 4 rings (SSSR count). The minimum absolute atomic E-state index is 0.0326. The molecule has 3 heterocycles. The van der Waals surface area contributed by atoms with Crippen LogP contribution in [0.25, 0.3) is 11.4 Å². The first-order chi connectivity index (χ1) is 15.6. The first kappa shape index (κ1) is 21.3. The lowest BCUT2D eigenvalue weighted by Gasteiger charge is -2.13. The van der Waals surface area contributed by atoms with Gasteiger partial charge in [0, 0.05) is 37.5 Å². The molecule has 0 spiro atoms. The molecule has 2 amide bonds. The Morgan fingerprint density at radius 1 is 1.16 bits per heavy atom. The van der Waals surface area contributed by atoms with Crippen molar-refractivity contribution in [3.05, 3.63) is 30.3 Å². The van der Waals surface area contributed by atoms with Gasteiger partial charge in [-0.15, -0.1) is 0 Å². The van der Waals surface area contributed by atoms with Gasteiger partial charge in [-0.3, -0.25) is 4.68 Å². The van der Waals surface area contributed by atoms with Gasteiger partial charge in [0.1, 0.15) is 5.82 Å². The van der Waals surface area contributed by atoms with Gasteiger partial charge in [-0.25, -0.2) is 4.79 Å². The predicted octanol–water partition coefficient (Wildman–Crippen LogP) is 1.60. The summed E-state index contributed by atoms with van der Waals surface area (Å²) in [6.45, 7) is 2.93. The SMILES string of the molecule is COc1cc(-c2noc(CNc3ccn(CCN4CCNC4=O)n3)n2)cc(OC)c1OC. The number of urea groups is 1. The fourth-order valence-electron chi connectivity index (χ4n) is 3.35. The van der Waals surface area contributed by atoms with E-state index >= 15 is 0 Å². The Labute approximate surface area is 184 Å². The van der Waals surface area contributed by atoms with Gasteiger partial charge >= 0.3 is 6.03 Å². The van der Waals surface area contributed by atoms with Crippen molar-refractivity contribution in [2.24, 2.45) is 0 Å². The molecule has 170 valence electrons. The van der Waals surface area contributed by atoms with Crippen LogP contribution >= 0.6 is 0 Å². The molecular formula is C20H25N7O5. The van der Waals surface area contributed by atoms with Crippen molar-refractivity contribution in [1.29, 1.82) is 0 Å². The van der Waals surface area contributed by atoms with Crippen LogP contribution in [0.15, 0.2) is 28.9 Å². The zero-order chi connectivity index (χ0) is 22.5. The summed E-state index contributed by atoms with van der Waals surface area (Å²) in [5, 5.41) is 14.4. The van der Waals surface area contributed by atoms with Crippen LogP contribution in [0.4, 0.5) is 10.6 Å². The lowest BCUT2D eigenvalue weighted by atomic mass is 10.1. The Morgan fingerprint density at radius 3 is 2.59 bits per heavy atom. The quantitative estimate of drug-likeness (QED) is 0.480. The maximum absolute atomic E-state index is 11.6. The minimum Gasteiger partial charge on any atom is -0.493 e. The number of hydrogen-bond acceptors (Lipinski definition) is 9. The van der Waals surface area contributed by atoms with Crippen molar-refractivity contribution >= 4 is 11.8 Å². The summed E-state index contributed by atoms with van der Waals surface area (Å²) in [5.41, 5.74) is 0.671. The van der Waals surface area contributed by atoms with Gasteiger partial charge in [0.25, 0.3) is 0 Å². The maximum atomic E-state index is 11.6. The number of nitrogens with zero attached hydrogens (tertiary/aromatic N) is 5. The molecule has 12 heteroatoms. The largest absolute Gasteiger partial charge is 0.493 e. The monoisotopic (exact) mass is 443 g/mol. The zero-order valence-corrected chi connectivity index (χ0v) is 18.1. The van der Waals surface area contributed by atoms with Gasteiger partial charge in [-0.05, 0) is 12.1 Å². The highest BCUT2D eigenvalue weighted by molar-refractivity contribution is 5.76. The molecule has 3 aromatic rings. The number of methoxy groups -OCH3 is 3. The number of amides is 2. The smallest absolute Gasteiger partial charge is 0.317 e. The highest BCUT2D eigenvalue weighted by atomic mass is 16.5. The van der Waals surface area contributed by atoms with Crippen LogP contribution in [0.2, 0.25) is 0 Å². The fraction of sp³-hybridized carbons (Fsp3) is 0.400. The molecule has 1 aliphatic rings. The van der Waals surface area contributed by atoms with Gasteiger partial charge < -0.3 is 34.3 Å². The van der Waals surface area contributed by atoms with Gasteiger partial charge in [-0.1, -0.05) is 5.16 Å². The van der Waals surface area contributed by atoms with Crippen molar-refractivity contribution in [3.8, 4) is 28.6 Å². The van der Waals surface area contributed by atoms with Gasteiger partial charge in [0.2, 0.25) is 17.5 Å². The highest BCUT2D eigenvalue weighted by Gasteiger charge is 2.19. The molecule has 0 atom stereocenters. The second-order valence-corrected chi connectivity index (χ2v) is 6.96. The number of ether oxygens (including phenoxy) is 3. The summed E-state index contributed by atoms with van der Waals surface area (Å²) in [6.07, 6.45) is 1.85. The van der Waals surface area contributed by atoms with E-state index in [2.05, 4.69) is 25.9 Å². The third-order valence-corrected chi connectivity index (χ3v) is 5.00. The number of nitrogens with one attached hydrogen (secondary N) is 2. The zero-order valence-electron chi connectivity index (χ0n) is 18.1. The summed E-state index contributed by atoms with van der Waals surface area (Å²) in [7, 11) is 4.64. The van der Waals surface area contributed by atoms with Gasteiger partial charge in [0.15, 0.2) is 11.5 Å². The van der Waals surface area contributed by atoms with Crippen molar-refractivity contribution in [2.45, 2.75) is 13.1 Å². The highest BCUT2D eigenvalue weighted by Crippen LogP contribution is 2.40. The van der Waals surface area contributed by atoms with Crippen LogP contribution in [-0.4, -0.2) is 71.8 Å². The molecule has 0 bridgehead atoms. The summed E-state index contributed by atoms with van der Waals surface area (Å²) in [5.74, 6) is 2.97. The molecular weight excluding hydrogens is 418 g/mol. The van der Waals surface area contributed by atoms with Crippen LogP contribution in [0, 0.1) is 0 Å². The summed E-state index contributed by atoms with van der Waals surface area (Å²) in [6, 6.07) is 5.33. The average Bonchev–Trinajstić information content (AvgIpc) is 3.56. The topological polar surface area (TPSA) is 129 Å². The molecule has 1 saturated heterocycles. The first-order valence-corrected chi connectivity index (χ1v) is 10.0. The Bertz CT molecular complexity index is 1050. The Hall–Kier alpha value is -3.96. The van der Waals surface area contributed by atoms with E-state index in [9.17, 15) is 4.79 Å². The van der Waals surface area contributed by atoms with Crippen molar-refractivity contribution in [2.75, 3.05) is 46.3 Å². The van der Waals surface area contributed by atoms with E-state index < -0.39 is 0 Å². The van der Waals surface area contributed by atoms with Crippen LogP contribution < -0.4 is 24.8 Å². The predicted molar refractivity (Wildman–Crippen MR) is 114 cm³/mol. The van der Waals surface area contributed by atoms with E-state index in [1.165, 1.54) is 0 Å². The van der Waals surface area contributed by atoms with Crippen molar-refractivity contribution < 1.29 is 23.5 Å². The molecule has 1 aromatic carbocycles. The van der Waals surface area contributed by atoms with E-state index in [-0.39, 0.29) is 6.03 Å². The fourth-order valence-corrected chi connectivity index (χ4v) is 3.35. The standard InChI is InChI=1S/C20H25N7O5/c1-29-14-10-13(11-15(30-2)18(14)31-3)19-23-17(32-25-19)12-22-16-4-6-27(24-16)9-8-26-7-5-21-20(26)28/h4,6,10-11H,5,7-9,12H2,1-3H3,(H,21,28)(H,22,24). The molecule has 1 fully saturated rings. The minimum atomic E-state index is -0.0326. The number of benzene rings is 1. The molecule has 2 aromatic heterocycles. The van der Waals surface area contributed by atoms with Crippen LogP contribution in [0.1, 0.15) is 5.89 Å². The number of aromatic nitrogens is 4. The third-order valence-electron chi connectivity index (χ3n) is 5.00. The normalized spacial score (nSPS) is 13.2. The molecule has 0 saturated carbocycles. The van der Waals surface area contributed by atoms with Crippen LogP contribution in [0.3, 0.4) is 0 Å². The second-order valence-electron chi connectivity index (χ2n) is 6.96. The van der Waals surface area contributed by atoms with Crippen LogP contribution in [0.5, 0.6) is 17.2 Å². The summed E-state index contributed by atoms with van der Waals surface area (Å²) in [4.78, 5) is 17.8. The summed E-state index contributed by atoms with van der Waals surface area (Å²) < 4.78 is 23.2. The van der Waals surface area contributed by atoms with E-state index in [1.54, 1.807) is 43.0 Å². The number of carbonyl (C=O) groups excluding carboxylic acids is 1. The first-order valence-electron chi connectivity index (χ1n) is 10.0. The lowest BCUT2D eigenvalue weighted by Crippen LogP contribution is -2.31. The van der Waals surface area contributed by atoms with Gasteiger partial charge in [0.05, 0.1) is 34.4 Å². The Kier molecular flexibility index (Phi) is 6.29. The number of rotatable bonds is 10. The molecule has 1 aliphatic heterocycles. The molecule has 0 unspecified atom stereocenters. The Morgan fingerprint density at radius 2 is 1.94 bits per heavy atom. The lowest BCUT2D eigenvalue weighted by molar-refractivity contribution is 0.215. The molecule has 32 heavy (non-hydrogen) atoms. The van der Waals surface area contributed by atoms with E-state index in [0.29, 0.717) is 66.5 Å². The van der Waals surface area contributed by atoms with Crippen LogP contribution in [-0.2, 0) is 13.1 Å². The molecule has 0 radical (unpaired) electrons. The number of hydrogen-bond donors (Lipinski definition) is 2. The molecule has 12 nitrogen and oxygen atoms in total. The van der Waals surface area contributed by atoms with Crippen molar-refractivity contribution in [3.63, 3.8) is 0 Å². The van der Waals surface area contributed by atoms with E-state index in [0.717, 1.165) is 6.54 Å². The van der Waals surface area contributed by atoms with E-state index in [4.69, 9.17) is 18.7 Å². The average molecular weight is 443 g/mol.